The maximum Gasteiger partial charge on any atom is 0.0703 e. The predicted octanol–water partition coefficient (Wildman–Crippen LogP) is 1.05. The summed E-state index contributed by atoms with van der Waals surface area (Å²) >= 11 is 0. The molecule has 0 radical (unpaired) electrons. The summed E-state index contributed by atoms with van der Waals surface area (Å²) in [5.74, 6) is 0. The third-order valence-corrected chi connectivity index (χ3v) is 1.83. The second kappa shape index (κ2) is 10.4. The van der Waals surface area contributed by atoms with Gasteiger partial charge in [-0.05, 0) is 20.8 Å². The molecule has 1 unspecified atom stereocenters. The maximum absolute atomic E-state index is 5.38. The summed E-state index contributed by atoms with van der Waals surface area (Å²) in [7, 11) is 1.71. The molecule has 0 aliphatic rings. The molecule has 0 amide bonds. The van der Waals surface area contributed by atoms with Crippen LogP contribution in [-0.2, 0) is 14.2 Å². The Morgan fingerprint density at radius 3 is 2.40 bits per heavy atom. The van der Waals surface area contributed by atoms with E-state index in [1.54, 1.807) is 7.11 Å². The van der Waals surface area contributed by atoms with Gasteiger partial charge in [-0.3, -0.25) is 0 Å². The fraction of sp³-hybridized carbons (Fsp3) is 1.00. The van der Waals surface area contributed by atoms with Crippen molar-refractivity contribution in [3.63, 3.8) is 0 Å². The van der Waals surface area contributed by atoms with Gasteiger partial charge in [-0.25, -0.2) is 0 Å². The van der Waals surface area contributed by atoms with Gasteiger partial charge < -0.3 is 19.5 Å². The Labute approximate surface area is 93.3 Å². The lowest BCUT2D eigenvalue weighted by Crippen LogP contribution is -2.33. The Kier molecular flexibility index (Phi) is 10.3. The van der Waals surface area contributed by atoms with Gasteiger partial charge in [0, 0.05) is 19.7 Å². The number of hydrogen-bond acceptors (Lipinski definition) is 4. The molecule has 0 spiro atoms. The molecule has 0 aromatic rings. The minimum absolute atomic E-state index is 0.286. The van der Waals surface area contributed by atoms with Gasteiger partial charge >= 0.3 is 0 Å². The normalized spacial score (nSPS) is 13.4. The average Bonchev–Trinajstić information content (AvgIpc) is 2.16. The van der Waals surface area contributed by atoms with Crippen molar-refractivity contribution in [3.8, 4) is 0 Å². The molecule has 1 N–H and O–H groups in total. The van der Waals surface area contributed by atoms with E-state index in [2.05, 4.69) is 12.2 Å². The van der Waals surface area contributed by atoms with Crippen LogP contribution in [0.1, 0.15) is 20.8 Å². The zero-order chi connectivity index (χ0) is 11.5. The van der Waals surface area contributed by atoms with E-state index < -0.39 is 0 Å². The second-order valence-corrected chi connectivity index (χ2v) is 3.84. The van der Waals surface area contributed by atoms with Gasteiger partial charge in [-0.2, -0.15) is 0 Å². The molecule has 0 heterocycles. The number of hydrogen-bond donors (Lipinski definition) is 1. The van der Waals surface area contributed by atoms with Crippen molar-refractivity contribution in [3.05, 3.63) is 0 Å². The Balaban J connectivity index is 3.04. The smallest absolute Gasteiger partial charge is 0.0703 e. The van der Waals surface area contributed by atoms with E-state index >= 15 is 0 Å². The van der Waals surface area contributed by atoms with Crippen molar-refractivity contribution in [1.29, 1.82) is 0 Å². The Bertz CT molecular complexity index is 131. The molecular formula is C11H25NO3. The number of methoxy groups -OCH3 is 1. The topological polar surface area (TPSA) is 39.7 Å². The zero-order valence-corrected chi connectivity index (χ0v) is 10.4. The maximum atomic E-state index is 5.38. The van der Waals surface area contributed by atoms with Gasteiger partial charge in [0.05, 0.1) is 32.5 Å². The molecule has 92 valence electrons. The largest absolute Gasteiger partial charge is 0.383 e. The minimum Gasteiger partial charge on any atom is -0.383 e. The van der Waals surface area contributed by atoms with Gasteiger partial charge in [0.2, 0.25) is 0 Å². The first kappa shape index (κ1) is 14.8. The van der Waals surface area contributed by atoms with E-state index in [-0.39, 0.29) is 6.10 Å². The Hall–Kier alpha value is -0.160. The molecule has 0 aliphatic carbocycles. The summed E-state index contributed by atoms with van der Waals surface area (Å²) in [6, 6.07) is 0.380. The van der Waals surface area contributed by atoms with Crippen LogP contribution in [0.25, 0.3) is 0 Å². The second-order valence-electron chi connectivity index (χ2n) is 3.84. The molecule has 0 aliphatic heterocycles. The van der Waals surface area contributed by atoms with Gasteiger partial charge in [-0.15, -0.1) is 0 Å². The number of nitrogens with one attached hydrogen (secondary N) is 1. The minimum atomic E-state index is 0.286. The van der Waals surface area contributed by atoms with Gasteiger partial charge in [0.25, 0.3) is 0 Å². The highest BCUT2D eigenvalue weighted by Gasteiger charge is 1.98. The van der Waals surface area contributed by atoms with Crippen molar-refractivity contribution < 1.29 is 14.2 Å². The van der Waals surface area contributed by atoms with Crippen molar-refractivity contribution in [1.82, 2.24) is 5.32 Å². The molecule has 0 aromatic carbocycles. The molecule has 4 heteroatoms. The van der Waals surface area contributed by atoms with Crippen LogP contribution in [0.15, 0.2) is 0 Å². The lowest BCUT2D eigenvalue weighted by atomic mass is 10.3. The zero-order valence-electron chi connectivity index (χ0n) is 10.4. The summed E-state index contributed by atoms with van der Waals surface area (Å²) < 4.78 is 15.7. The third kappa shape index (κ3) is 11.8. The van der Waals surface area contributed by atoms with Crippen molar-refractivity contribution in [2.24, 2.45) is 0 Å². The molecule has 0 saturated heterocycles. The standard InChI is InChI=1S/C11H25NO3/c1-10(2)15-8-7-14-6-5-12-11(3)9-13-4/h10-12H,5-9H2,1-4H3. The molecule has 0 aromatic heterocycles. The van der Waals surface area contributed by atoms with Crippen LogP contribution in [0, 0.1) is 0 Å². The SMILES string of the molecule is COCC(C)NCCOCCOC(C)C. The molecule has 15 heavy (non-hydrogen) atoms. The Morgan fingerprint density at radius 1 is 1.07 bits per heavy atom. The quantitative estimate of drug-likeness (QED) is 0.558. The fourth-order valence-electron chi connectivity index (χ4n) is 1.13. The summed E-state index contributed by atoms with van der Waals surface area (Å²) in [4.78, 5) is 0. The van der Waals surface area contributed by atoms with Crippen molar-refractivity contribution >= 4 is 0 Å². The van der Waals surface area contributed by atoms with Crippen LogP contribution < -0.4 is 5.32 Å². The predicted molar refractivity (Wildman–Crippen MR) is 61.2 cm³/mol. The summed E-state index contributed by atoms with van der Waals surface area (Å²) in [6.07, 6.45) is 0.286. The monoisotopic (exact) mass is 219 g/mol. The highest BCUT2D eigenvalue weighted by Crippen LogP contribution is 1.87. The van der Waals surface area contributed by atoms with E-state index in [9.17, 15) is 0 Å². The lowest BCUT2D eigenvalue weighted by molar-refractivity contribution is 0.0197. The van der Waals surface area contributed by atoms with E-state index in [0.717, 1.165) is 19.8 Å². The summed E-state index contributed by atoms with van der Waals surface area (Å²) in [5.41, 5.74) is 0. The average molecular weight is 219 g/mol. The Morgan fingerprint density at radius 2 is 1.80 bits per heavy atom. The first-order valence-corrected chi connectivity index (χ1v) is 5.58. The first-order chi connectivity index (χ1) is 7.16. The summed E-state index contributed by atoms with van der Waals surface area (Å²) in [5, 5.41) is 3.29. The molecule has 0 fully saturated rings. The fourth-order valence-corrected chi connectivity index (χ4v) is 1.13. The number of ether oxygens (including phenoxy) is 3. The van der Waals surface area contributed by atoms with E-state index in [4.69, 9.17) is 14.2 Å². The van der Waals surface area contributed by atoms with Crippen LogP contribution in [0.4, 0.5) is 0 Å². The van der Waals surface area contributed by atoms with Crippen molar-refractivity contribution in [2.75, 3.05) is 40.1 Å². The first-order valence-electron chi connectivity index (χ1n) is 5.58. The molecule has 0 bridgehead atoms. The van der Waals surface area contributed by atoms with Crippen LogP contribution >= 0.6 is 0 Å². The summed E-state index contributed by atoms with van der Waals surface area (Å²) in [6.45, 7) is 9.77. The van der Waals surface area contributed by atoms with E-state index in [1.807, 2.05) is 13.8 Å². The number of rotatable bonds is 10. The van der Waals surface area contributed by atoms with E-state index in [0.29, 0.717) is 19.3 Å². The lowest BCUT2D eigenvalue weighted by Gasteiger charge is -2.13. The van der Waals surface area contributed by atoms with Crippen LogP contribution in [0.2, 0.25) is 0 Å². The van der Waals surface area contributed by atoms with Gasteiger partial charge in [-0.1, -0.05) is 0 Å². The van der Waals surface area contributed by atoms with Crippen LogP contribution in [-0.4, -0.2) is 52.2 Å². The van der Waals surface area contributed by atoms with Crippen LogP contribution in [0.3, 0.4) is 0 Å². The van der Waals surface area contributed by atoms with Gasteiger partial charge in [0.1, 0.15) is 0 Å². The molecule has 1 atom stereocenters. The van der Waals surface area contributed by atoms with Crippen molar-refractivity contribution in [2.45, 2.75) is 32.9 Å². The third-order valence-electron chi connectivity index (χ3n) is 1.83. The molecule has 0 rings (SSSR count). The van der Waals surface area contributed by atoms with E-state index in [1.165, 1.54) is 0 Å². The highest BCUT2D eigenvalue weighted by molar-refractivity contribution is 4.57. The van der Waals surface area contributed by atoms with Gasteiger partial charge in [0.15, 0.2) is 0 Å². The molecule has 0 saturated carbocycles. The van der Waals surface area contributed by atoms with Crippen LogP contribution in [0.5, 0.6) is 0 Å². The highest BCUT2D eigenvalue weighted by atomic mass is 16.5. The molecular weight excluding hydrogens is 194 g/mol. The molecule has 4 nitrogen and oxygen atoms in total.